The first-order valence-electron chi connectivity index (χ1n) is 5.58. The first kappa shape index (κ1) is 14.3. The van der Waals surface area contributed by atoms with E-state index >= 15 is 0 Å². The zero-order valence-electron chi connectivity index (χ0n) is 9.78. The van der Waals surface area contributed by atoms with E-state index in [1.54, 1.807) is 0 Å². The Morgan fingerprint density at radius 3 is 2.56 bits per heavy atom. The van der Waals surface area contributed by atoms with E-state index in [1.807, 2.05) is 30.6 Å². The molecule has 1 aromatic heterocycles. The molecule has 0 amide bonds. The van der Waals surface area contributed by atoms with Crippen molar-refractivity contribution < 1.29 is 0 Å². The summed E-state index contributed by atoms with van der Waals surface area (Å²) in [6, 6.07) is 10.1. The molecule has 1 aromatic carbocycles. The molecule has 4 heteroatoms. The van der Waals surface area contributed by atoms with Crippen LogP contribution in [0.2, 0.25) is 5.02 Å². The predicted octanol–water partition coefficient (Wildman–Crippen LogP) is 5.58. The molecule has 0 spiro atoms. The molecule has 0 aliphatic carbocycles. The smallest absolute Gasteiger partial charge is 0.0472 e. The van der Waals surface area contributed by atoms with Crippen LogP contribution in [0.1, 0.15) is 28.8 Å². The summed E-state index contributed by atoms with van der Waals surface area (Å²) in [5, 5.41) is 0.775. The summed E-state index contributed by atoms with van der Waals surface area (Å²) in [4.78, 5) is 4.29. The molecule has 2 unspecified atom stereocenters. The van der Waals surface area contributed by atoms with Crippen molar-refractivity contribution in [2.24, 2.45) is 0 Å². The monoisotopic (exact) mass is 435 g/mol. The summed E-state index contributed by atoms with van der Waals surface area (Å²) in [7, 11) is 0. The second-order valence-corrected chi connectivity index (χ2v) is 6.72. The van der Waals surface area contributed by atoms with Gasteiger partial charge in [0.15, 0.2) is 0 Å². The summed E-state index contributed by atoms with van der Waals surface area (Å²) >= 11 is 12.2. The summed E-state index contributed by atoms with van der Waals surface area (Å²) in [5.74, 6) is 0.361. The summed E-state index contributed by atoms with van der Waals surface area (Å²) in [6.07, 6.45) is 3.66. The van der Waals surface area contributed by atoms with Crippen LogP contribution >= 0.6 is 50.1 Å². The van der Waals surface area contributed by atoms with E-state index < -0.39 is 0 Å². The van der Waals surface area contributed by atoms with Gasteiger partial charge in [0.25, 0.3) is 0 Å². The van der Waals surface area contributed by atoms with Gasteiger partial charge in [-0.3, -0.25) is 4.98 Å². The average Bonchev–Trinajstić information content (AvgIpc) is 2.41. The second-order valence-electron chi connectivity index (χ2n) is 4.14. The molecule has 1 heterocycles. The van der Waals surface area contributed by atoms with E-state index in [0.29, 0.717) is 5.92 Å². The number of nitrogens with zero attached hydrogens (tertiary/aromatic N) is 1. The molecule has 94 valence electrons. The fourth-order valence-electron chi connectivity index (χ4n) is 1.83. The van der Waals surface area contributed by atoms with Crippen molar-refractivity contribution in [2.45, 2.75) is 17.7 Å². The number of alkyl halides is 1. The number of pyridine rings is 1. The Labute approximate surface area is 134 Å². The van der Waals surface area contributed by atoms with Crippen molar-refractivity contribution in [3.63, 3.8) is 0 Å². The van der Waals surface area contributed by atoms with Gasteiger partial charge in [-0.1, -0.05) is 34.5 Å². The SMILES string of the molecule is CC(c1ccncc1)C(Br)c1cc(Cl)ccc1I. The molecule has 0 N–H and O–H groups in total. The summed E-state index contributed by atoms with van der Waals surface area (Å²) in [5.41, 5.74) is 2.50. The summed E-state index contributed by atoms with van der Waals surface area (Å²) in [6.45, 7) is 2.20. The van der Waals surface area contributed by atoms with Crippen molar-refractivity contribution in [1.82, 2.24) is 4.98 Å². The molecule has 0 aliphatic heterocycles. The maximum Gasteiger partial charge on any atom is 0.0472 e. The largest absolute Gasteiger partial charge is 0.265 e. The van der Waals surface area contributed by atoms with Gasteiger partial charge in [-0.15, -0.1) is 0 Å². The molecule has 0 fully saturated rings. The number of halogens is 3. The van der Waals surface area contributed by atoms with Crippen LogP contribution in [0, 0.1) is 3.57 Å². The second kappa shape index (κ2) is 6.35. The van der Waals surface area contributed by atoms with Crippen LogP contribution in [0.3, 0.4) is 0 Å². The van der Waals surface area contributed by atoms with E-state index in [2.05, 4.69) is 62.6 Å². The summed E-state index contributed by atoms with van der Waals surface area (Å²) < 4.78 is 1.22. The van der Waals surface area contributed by atoms with Gasteiger partial charge in [-0.2, -0.15) is 0 Å². The van der Waals surface area contributed by atoms with Crippen LogP contribution < -0.4 is 0 Å². The molecule has 0 aliphatic rings. The highest BCUT2D eigenvalue weighted by molar-refractivity contribution is 14.1. The number of hydrogen-bond donors (Lipinski definition) is 0. The zero-order valence-corrected chi connectivity index (χ0v) is 14.3. The normalized spacial score (nSPS) is 14.2. The van der Waals surface area contributed by atoms with E-state index in [1.165, 1.54) is 14.7 Å². The van der Waals surface area contributed by atoms with E-state index in [4.69, 9.17) is 11.6 Å². The first-order valence-corrected chi connectivity index (χ1v) is 7.96. The third-order valence-electron chi connectivity index (χ3n) is 2.93. The van der Waals surface area contributed by atoms with E-state index in [9.17, 15) is 0 Å². The van der Waals surface area contributed by atoms with Gasteiger partial charge in [0.2, 0.25) is 0 Å². The average molecular weight is 437 g/mol. The number of hydrogen-bond acceptors (Lipinski definition) is 1. The highest BCUT2D eigenvalue weighted by Gasteiger charge is 2.20. The van der Waals surface area contributed by atoms with Crippen LogP contribution in [0.4, 0.5) is 0 Å². The molecule has 0 saturated carbocycles. The topological polar surface area (TPSA) is 12.9 Å². The third kappa shape index (κ3) is 3.25. The number of aromatic nitrogens is 1. The molecule has 2 aromatic rings. The molecule has 18 heavy (non-hydrogen) atoms. The molecule has 0 bridgehead atoms. The van der Waals surface area contributed by atoms with Crippen LogP contribution in [0.15, 0.2) is 42.7 Å². The highest BCUT2D eigenvalue weighted by atomic mass is 127. The minimum atomic E-state index is 0.241. The van der Waals surface area contributed by atoms with Crippen molar-refractivity contribution >= 4 is 50.1 Å². The Morgan fingerprint density at radius 1 is 1.22 bits per heavy atom. The lowest BCUT2D eigenvalue weighted by Crippen LogP contribution is -2.04. The lowest BCUT2D eigenvalue weighted by Gasteiger charge is -2.20. The van der Waals surface area contributed by atoms with Crippen LogP contribution in [0.5, 0.6) is 0 Å². The van der Waals surface area contributed by atoms with Crippen LogP contribution in [0.25, 0.3) is 0 Å². The fraction of sp³-hybridized carbons (Fsp3) is 0.214. The van der Waals surface area contributed by atoms with Gasteiger partial charge in [-0.05, 0) is 70.0 Å². The highest BCUT2D eigenvalue weighted by Crippen LogP contribution is 2.40. The first-order chi connectivity index (χ1) is 8.59. The maximum atomic E-state index is 6.08. The van der Waals surface area contributed by atoms with Crippen molar-refractivity contribution in [1.29, 1.82) is 0 Å². The molecule has 0 saturated heterocycles. The lowest BCUT2D eigenvalue weighted by molar-refractivity contribution is 0.747. The van der Waals surface area contributed by atoms with Gasteiger partial charge in [0.05, 0.1) is 0 Å². The Bertz CT molecular complexity index is 533. The Morgan fingerprint density at radius 2 is 1.89 bits per heavy atom. The molecule has 1 nitrogen and oxygen atoms in total. The fourth-order valence-corrected chi connectivity index (χ4v) is 3.79. The van der Waals surface area contributed by atoms with Crippen molar-refractivity contribution in [3.8, 4) is 0 Å². The van der Waals surface area contributed by atoms with E-state index in [-0.39, 0.29) is 4.83 Å². The molecule has 2 atom stereocenters. The predicted molar refractivity (Wildman–Crippen MR) is 88.5 cm³/mol. The minimum Gasteiger partial charge on any atom is -0.265 e. The van der Waals surface area contributed by atoms with Crippen molar-refractivity contribution in [2.75, 3.05) is 0 Å². The van der Waals surface area contributed by atoms with Gasteiger partial charge in [0.1, 0.15) is 0 Å². The zero-order chi connectivity index (χ0) is 13.1. The standard InChI is InChI=1S/C14H12BrClIN/c1-9(10-4-6-18-7-5-10)14(15)12-8-11(16)2-3-13(12)17/h2-9,14H,1H3. The van der Waals surface area contributed by atoms with Gasteiger partial charge in [-0.25, -0.2) is 0 Å². The van der Waals surface area contributed by atoms with Gasteiger partial charge < -0.3 is 0 Å². The van der Waals surface area contributed by atoms with Crippen LogP contribution in [-0.2, 0) is 0 Å². The minimum absolute atomic E-state index is 0.241. The molecular formula is C14H12BrClIN. The Hall–Kier alpha value is -0.130. The van der Waals surface area contributed by atoms with Crippen LogP contribution in [-0.4, -0.2) is 4.98 Å². The Balaban J connectivity index is 2.31. The van der Waals surface area contributed by atoms with Crippen molar-refractivity contribution in [3.05, 3.63) is 62.4 Å². The van der Waals surface area contributed by atoms with Gasteiger partial charge >= 0.3 is 0 Å². The maximum absolute atomic E-state index is 6.08. The number of benzene rings is 1. The lowest BCUT2D eigenvalue weighted by atomic mass is 9.94. The quantitative estimate of drug-likeness (QED) is 0.452. The third-order valence-corrected chi connectivity index (χ3v) is 5.43. The van der Waals surface area contributed by atoms with E-state index in [0.717, 1.165) is 5.02 Å². The number of rotatable bonds is 3. The molecule has 2 rings (SSSR count). The molecular weight excluding hydrogens is 424 g/mol. The van der Waals surface area contributed by atoms with Gasteiger partial charge in [0, 0.05) is 25.8 Å². The molecule has 0 radical (unpaired) electrons. The Kier molecular flexibility index (Phi) is 5.04.